The van der Waals surface area contributed by atoms with E-state index in [4.69, 9.17) is 0 Å². The number of hydrogen-bond acceptors (Lipinski definition) is 5. The van der Waals surface area contributed by atoms with E-state index in [2.05, 4.69) is 26.9 Å². The Bertz CT molecular complexity index is 312. The van der Waals surface area contributed by atoms with Crippen molar-refractivity contribution in [3.05, 3.63) is 0 Å². The number of nitrogens with zero attached hydrogens (tertiary/aromatic N) is 2. The molecule has 0 saturated carbocycles. The van der Waals surface area contributed by atoms with Crippen LogP contribution < -0.4 is 10.0 Å². The molecule has 0 aromatic carbocycles. The fraction of sp³-hybridized carbons (Fsp3) is 0.857. The highest BCUT2D eigenvalue weighted by Crippen LogP contribution is 1.94. The predicted molar refractivity (Wildman–Crippen MR) is 55.3 cm³/mol. The summed E-state index contributed by atoms with van der Waals surface area (Å²) in [6, 6.07) is 0. The highest BCUT2D eigenvalue weighted by molar-refractivity contribution is 7.89. The molecule has 1 aliphatic heterocycles. The number of hydrogen-bond donors (Lipinski definition) is 2. The zero-order valence-electron chi connectivity index (χ0n) is 8.45. The lowest BCUT2D eigenvalue weighted by Gasteiger charge is -2.26. The molecule has 0 bridgehead atoms. The molecule has 0 amide bonds. The van der Waals surface area contributed by atoms with Gasteiger partial charge in [-0.05, 0) is 6.42 Å². The summed E-state index contributed by atoms with van der Waals surface area (Å²) in [5, 5.41) is 2.90. The minimum absolute atomic E-state index is 0.333. The molecule has 0 spiro atoms. The number of rotatable bonds is 3. The van der Waals surface area contributed by atoms with Crippen molar-refractivity contribution < 1.29 is 8.42 Å². The van der Waals surface area contributed by atoms with Gasteiger partial charge in [0.2, 0.25) is 16.0 Å². The van der Waals surface area contributed by atoms with Crippen molar-refractivity contribution >= 4 is 16.0 Å². The van der Waals surface area contributed by atoms with E-state index in [0.29, 0.717) is 19.3 Å². The fourth-order valence-electron chi connectivity index (χ4n) is 1.17. The van der Waals surface area contributed by atoms with Gasteiger partial charge in [-0.2, -0.15) is 0 Å². The lowest BCUT2D eigenvalue weighted by atomic mass is 10.4. The highest BCUT2D eigenvalue weighted by atomic mass is 32.2. The molecule has 0 atom stereocenters. The van der Waals surface area contributed by atoms with Crippen molar-refractivity contribution in [2.45, 2.75) is 13.3 Å². The maximum Gasteiger partial charge on any atom is 0.232 e. The number of aliphatic imine (C=N–C) groups is 1. The third-order valence-electron chi connectivity index (χ3n) is 1.72. The second kappa shape index (κ2) is 4.61. The average molecular weight is 220 g/mol. The first kappa shape index (κ1) is 11.3. The number of nitrogens with one attached hydrogen (secondary N) is 2. The largest absolute Gasteiger partial charge is 0.343 e. The van der Waals surface area contributed by atoms with Crippen LogP contribution in [0.15, 0.2) is 4.99 Å². The van der Waals surface area contributed by atoms with Gasteiger partial charge in [0, 0.05) is 6.54 Å². The van der Waals surface area contributed by atoms with Crippen LogP contribution in [-0.2, 0) is 10.0 Å². The first-order valence-electron chi connectivity index (χ1n) is 4.49. The predicted octanol–water partition coefficient (Wildman–Crippen LogP) is -0.878. The van der Waals surface area contributed by atoms with Crippen molar-refractivity contribution in [3.8, 4) is 0 Å². The molecule has 1 aliphatic rings. The minimum atomic E-state index is -3.22. The van der Waals surface area contributed by atoms with Crippen LogP contribution in [0.3, 0.4) is 0 Å². The SMILES string of the molecule is CCCN1CN=C(NS(C)(=O)=O)NC1. The Morgan fingerprint density at radius 3 is 2.79 bits per heavy atom. The van der Waals surface area contributed by atoms with E-state index >= 15 is 0 Å². The van der Waals surface area contributed by atoms with Crippen LogP contribution >= 0.6 is 0 Å². The van der Waals surface area contributed by atoms with Gasteiger partial charge in [-0.15, -0.1) is 0 Å². The lowest BCUT2D eigenvalue weighted by Crippen LogP contribution is -2.50. The Labute approximate surface area is 84.4 Å². The quantitative estimate of drug-likeness (QED) is 0.648. The van der Waals surface area contributed by atoms with Gasteiger partial charge in [0.25, 0.3) is 0 Å². The molecule has 1 rings (SSSR count). The number of guanidine groups is 1. The summed E-state index contributed by atoms with van der Waals surface area (Å²) >= 11 is 0. The van der Waals surface area contributed by atoms with E-state index in [0.717, 1.165) is 19.2 Å². The van der Waals surface area contributed by atoms with Crippen LogP contribution in [0.2, 0.25) is 0 Å². The third-order valence-corrected chi connectivity index (χ3v) is 2.28. The molecule has 2 N–H and O–H groups in total. The second-order valence-corrected chi connectivity index (χ2v) is 5.00. The topological polar surface area (TPSA) is 73.8 Å². The Kier molecular flexibility index (Phi) is 3.70. The maximum atomic E-state index is 10.9. The molecule has 6 nitrogen and oxygen atoms in total. The van der Waals surface area contributed by atoms with E-state index in [1.54, 1.807) is 0 Å². The summed E-state index contributed by atoms with van der Waals surface area (Å²) in [5.74, 6) is 0.333. The van der Waals surface area contributed by atoms with Gasteiger partial charge in [-0.3, -0.25) is 9.62 Å². The zero-order chi connectivity index (χ0) is 10.6. The van der Waals surface area contributed by atoms with Gasteiger partial charge in [-0.25, -0.2) is 13.4 Å². The number of sulfonamides is 1. The summed E-state index contributed by atoms with van der Waals surface area (Å²) in [7, 11) is -3.22. The summed E-state index contributed by atoms with van der Waals surface area (Å²) in [6.07, 6.45) is 2.17. The summed E-state index contributed by atoms with van der Waals surface area (Å²) in [6.45, 7) is 4.23. The molecule has 14 heavy (non-hydrogen) atoms. The molecule has 82 valence electrons. The van der Waals surface area contributed by atoms with E-state index in [1.807, 2.05) is 0 Å². The van der Waals surface area contributed by atoms with Crippen LogP contribution in [0.25, 0.3) is 0 Å². The highest BCUT2D eigenvalue weighted by Gasteiger charge is 2.13. The molecule has 0 saturated heterocycles. The van der Waals surface area contributed by atoms with Crippen LogP contribution in [0.4, 0.5) is 0 Å². The fourth-order valence-corrected chi connectivity index (χ4v) is 1.66. The first-order chi connectivity index (χ1) is 6.51. The molecule has 0 aromatic rings. The van der Waals surface area contributed by atoms with Crippen LogP contribution in [0, 0.1) is 0 Å². The van der Waals surface area contributed by atoms with Gasteiger partial charge in [0.1, 0.15) is 0 Å². The molecular weight excluding hydrogens is 204 g/mol. The smallest absolute Gasteiger partial charge is 0.232 e. The van der Waals surface area contributed by atoms with Gasteiger partial charge in [0.05, 0.1) is 19.6 Å². The Morgan fingerprint density at radius 2 is 2.36 bits per heavy atom. The molecule has 0 radical (unpaired) electrons. The summed E-state index contributed by atoms with van der Waals surface area (Å²) in [5.41, 5.74) is 0. The Hall–Kier alpha value is -0.820. The van der Waals surface area contributed by atoms with E-state index in [-0.39, 0.29) is 0 Å². The average Bonchev–Trinajstić information content (AvgIpc) is 2.06. The zero-order valence-corrected chi connectivity index (χ0v) is 9.26. The van der Waals surface area contributed by atoms with Crippen LogP contribution in [0.5, 0.6) is 0 Å². The van der Waals surface area contributed by atoms with Crippen LogP contribution in [0.1, 0.15) is 13.3 Å². The molecule has 0 aromatic heterocycles. The first-order valence-corrected chi connectivity index (χ1v) is 6.39. The van der Waals surface area contributed by atoms with Crippen molar-refractivity contribution in [2.75, 3.05) is 26.1 Å². The standard InChI is InChI=1S/C7H16N4O2S/c1-3-4-11-5-8-7(9-6-11)10-14(2,12)13/h3-6H2,1-2H3,(H2,8,9,10). The summed E-state index contributed by atoms with van der Waals surface area (Å²) < 4.78 is 24.0. The minimum Gasteiger partial charge on any atom is -0.343 e. The molecule has 7 heteroatoms. The lowest BCUT2D eigenvalue weighted by molar-refractivity contribution is 0.264. The second-order valence-electron chi connectivity index (χ2n) is 3.25. The van der Waals surface area contributed by atoms with E-state index in [9.17, 15) is 8.42 Å². The maximum absolute atomic E-state index is 10.9. The van der Waals surface area contributed by atoms with Gasteiger partial charge >= 0.3 is 0 Å². The molecule has 1 heterocycles. The van der Waals surface area contributed by atoms with E-state index < -0.39 is 10.0 Å². The normalized spacial score (nSPS) is 18.6. The molecule has 0 aliphatic carbocycles. The Balaban J connectivity index is 2.45. The van der Waals surface area contributed by atoms with Gasteiger partial charge in [-0.1, -0.05) is 6.92 Å². The molecular formula is C7H16N4O2S. The van der Waals surface area contributed by atoms with Crippen molar-refractivity contribution in [1.29, 1.82) is 0 Å². The van der Waals surface area contributed by atoms with Crippen molar-refractivity contribution in [1.82, 2.24) is 14.9 Å². The van der Waals surface area contributed by atoms with Gasteiger partial charge < -0.3 is 5.32 Å². The van der Waals surface area contributed by atoms with Crippen LogP contribution in [-0.4, -0.2) is 45.4 Å². The molecule has 0 fully saturated rings. The van der Waals surface area contributed by atoms with Crippen molar-refractivity contribution in [3.63, 3.8) is 0 Å². The summed E-state index contributed by atoms with van der Waals surface area (Å²) in [4.78, 5) is 6.15. The third kappa shape index (κ3) is 3.93. The van der Waals surface area contributed by atoms with Crippen molar-refractivity contribution in [2.24, 2.45) is 4.99 Å². The van der Waals surface area contributed by atoms with Gasteiger partial charge in [0.15, 0.2) is 0 Å². The molecule has 0 unspecified atom stereocenters. The Morgan fingerprint density at radius 1 is 1.64 bits per heavy atom. The monoisotopic (exact) mass is 220 g/mol. The van der Waals surface area contributed by atoms with E-state index in [1.165, 1.54) is 0 Å².